The molecular formula is C26H36N4O5. The van der Waals surface area contributed by atoms with Crippen LogP contribution < -0.4 is 20.1 Å². The maximum Gasteiger partial charge on any atom is 0.407 e. The standard InChI is InChI=1S/C26H36N4O5/c1-26(2,3)35-25(32)29-16-18-8-6-17(7-9-18)15-28-23(31)19-12-13-27-21(14-19)20-10-11-22(33-4)30-24(20)34-5/h10-14,17-18H,6-9,15-16H2,1-5H3,(H,28,31)(H,29,32)/t17-,18-. The van der Waals surface area contributed by atoms with Gasteiger partial charge in [-0.2, -0.15) is 4.98 Å². The van der Waals surface area contributed by atoms with E-state index in [0.29, 0.717) is 53.5 Å². The van der Waals surface area contributed by atoms with Gasteiger partial charge in [0, 0.05) is 30.9 Å². The summed E-state index contributed by atoms with van der Waals surface area (Å²) in [6, 6.07) is 6.97. The third kappa shape index (κ3) is 7.83. The van der Waals surface area contributed by atoms with Crippen LogP contribution in [0.2, 0.25) is 0 Å². The summed E-state index contributed by atoms with van der Waals surface area (Å²) in [4.78, 5) is 33.3. The van der Waals surface area contributed by atoms with Crippen LogP contribution >= 0.6 is 0 Å². The van der Waals surface area contributed by atoms with E-state index in [4.69, 9.17) is 14.2 Å². The minimum atomic E-state index is -0.493. The molecule has 2 heterocycles. The van der Waals surface area contributed by atoms with Gasteiger partial charge in [-0.25, -0.2) is 4.79 Å². The molecule has 3 rings (SSSR count). The predicted molar refractivity (Wildman–Crippen MR) is 133 cm³/mol. The molecule has 0 aliphatic heterocycles. The van der Waals surface area contributed by atoms with E-state index in [9.17, 15) is 9.59 Å². The first-order chi connectivity index (χ1) is 16.7. The van der Waals surface area contributed by atoms with Crippen LogP contribution in [0.5, 0.6) is 11.8 Å². The molecule has 2 aromatic heterocycles. The summed E-state index contributed by atoms with van der Waals surface area (Å²) < 4.78 is 15.8. The van der Waals surface area contributed by atoms with Crippen LogP contribution in [0.3, 0.4) is 0 Å². The smallest absolute Gasteiger partial charge is 0.407 e. The Balaban J connectivity index is 1.48. The van der Waals surface area contributed by atoms with E-state index in [1.807, 2.05) is 26.8 Å². The van der Waals surface area contributed by atoms with E-state index in [1.165, 1.54) is 14.2 Å². The fourth-order valence-corrected chi connectivity index (χ4v) is 4.13. The number of rotatable bonds is 8. The van der Waals surface area contributed by atoms with Crippen molar-refractivity contribution in [2.24, 2.45) is 11.8 Å². The number of ether oxygens (including phenoxy) is 3. The Morgan fingerprint density at radius 1 is 0.971 bits per heavy atom. The van der Waals surface area contributed by atoms with E-state index >= 15 is 0 Å². The molecule has 0 aromatic carbocycles. The quantitative estimate of drug-likeness (QED) is 0.577. The minimum Gasteiger partial charge on any atom is -0.481 e. The van der Waals surface area contributed by atoms with Crippen LogP contribution in [0, 0.1) is 11.8 Å². The topological polar surface area (TPSA) is 112 Å². The van der Waals surface area contributed by atoms with Crippen LogP contribution in [-0.4, -0.2) is 54.9 Å². The number of alkyl carbamates (subject to hydrolysis) is 1. The van der Waals surface area contributed by atoms with Crippen molar-refractivity contribution in [1.29, 1.82) is 0 Å². The largest absolute Gasteiger partial charge is 0.481 e. The zero-order valence-corrected chi connectivity index (χ0v) is 21.2. The molecule has 1 saturated carbocycles. The Bertz CT molecular complexity index is 1010. The first kappa shape index (κ1) is 26.2. The van der Waals surface area contributed by atoms with Gasteiger partial charge >= 0.3 is 6.09 Å². The lowest BCUT2D eigenvalue weighted by molar-refractivity contribution is 0.0512. The average Bonchev–Trinajstić information content (AvgIpc) is 2.85. The molecule has 1 fully saturated rings. The lowest BCUT2D eigenvalue weighted by atomic mass is 9.82. The first-order valence-electron chi connectivity index (χ1n) is 12.0. The van der Waals surface area contributed by atoms with E-state index in [0.717, 1.165) is 25.7 Å². The number of pyridine rings is 2. The lowest BCUT2D eigenvalue weighted by Gasteiger charge is -2.29. The first-order valence-corrected chi connectivity index (χ1v) is 12.0. The number of aromatic nitrogens is 2. The number of methoxy groups -OCH3 is 2. The lowest BCUT2D eigenvalue weighted by Crippen LogP contribution is -2.37. The van der Waals surface area contributed by atoms with Gasteiger partial charge in [-0.3, -0.25) is 9.78 Å². The monoisotopic (exact) mass is 484 g/mol. The van der Waals surface area contributed by atoms with Crippen molar-refractivity contribution in [3.63, 3.8) is 0 Å². The van der Waals surface area contributed by atoms with E-state index in [1.54, 1.807) is 24.4 Å². The molecule has 2 amide bonds. The second-order valence-electron chi connectivity index (χ2n) is 9.82. The van der Waals surface area contributed by atoms with Gasteiger partial charge in [0.1, 0.15) is 5.60 Å². The average molecular weight is 485 g/mol. The minimum absolute atomic E-state index is 0.136. The van der Waals surface area contributed by atoms with Crippen LogP contribution in [0.15, 0.2) is 30.5 Å². The van der Waals surface area contributed by atoms with Gasteiger partial charge in [0.15, 0.2) is 0 Å². The van der Waals surface area contributed by atoms with Crippen molar-refractivity contribution in [1.82, 2.24) is 20.6 Å². The highest BCUT2D eigenvalue weighted by atomic mass is 16.6. The molecular weight excluding hydrogens is 448 g/mol. The Morgan fingerprint density at radius 3 is 2.23 bits per heavy atom. The van der Waals surface area contributed by atoms with Gasteiger partial charge in [-0.15, -0.1) is 0 Å². The van der Waals surface area contributed by atoms with Crippen LogP contribution in [0.1, 0.15) is 56.8 Å². The highest BCUT2D eigenvalue weighted by Crippen LogP contribution is 2.30. The predicted octanol–water partition coefficient (Wildman–Crippen LogP) is 4.22. The van der Waals surface area contributed by atoms with Crippen molar-refractivity contribution in [2.75, 3.05) is 27.3 Å². The van der Waals surface area contributed by atoms with Crippen molar-refractivity contribution in [3.8, 4) is 23.0 Å². The molecule has 2 N–H and O–H groups in total. The third-order valence-electron chi connectivity index (χ3n) is 5.99. The number of carbonyl (C=O) groups excluding carboxylic acids is 2. The van der Waals surface area contributed by atoms with E-state index in [2.05, 4.69) is 20.6 Å². The summed E-state index contributed by atoms with van der Waals surface area (Å²) in [5.74, 6) is 1.54. The van der Waals surface area contributed by atoms with Crippen LogP contribution in [-0.2, 0) is 4.74 Å². The summed E-state index contributed by atoms with van der Waals surface area (Å²) in [5, 5.41) is 5.93. The van der Waals surface area contributed by atoms with Crippen molar-refractivity contribution in [3.05, 3.63) is 36.0 Å². The Kier molecular flexibility index (Phi) is 8.89. The number of hydrogen-bond acceptors (Lipinski definition) is 7. The van der Waals surface area contributed by atoms with Gasteiger partial charge in [0.25, 0.3) is 5.91 Å². The molecule has 0 spiro atoms. The van der Waals surface area contributed by atoms with Gasteiger partial charge < -0.3 is 24.8 Å². The van der Waals surface area contributed by atoms with E-state index < -0.39 is 5.60 Å². The molecule has 0 unspecified atom stereocenters. The van der Waals surface area contributed by atoms with Crippen molar-refractivity contribution >= 4 is 12.0 Å². The maximum atomic E-state index is 12.8. The van der Waals surface area contributed by atoms with Gasteiger partial charge in [-0.1, -0.05) is 0 Å². The second-order valence-corrected chi connectivity index (χ2v) is 9.82. The zero-order valence-electron chi connectivity index (χ0n) is 21.2. The van der Waals surface area contributed by atoms with Crippen LogP contribution in [0.4, 0.5) is 4.79 Å². The van der Waals surface area contributed by atoms with Crippen molar-refractivity contribution in [2.45, 2.75) is 52.1 Å². The molecule has 1 aliphatic carbocycles. The summed E-state index contributed by atoms with van der Waals surface area (Å²) in [6.07, 6.45) is 5.29. The molecule has 9 nitrogen and oxygen atoms in total. The van der Waals surface area contributed by atoms with Gasteiger partial charge in [-0.05, 0) is 76.5 Å². The second kappa shape index (κ2) is 11.9. The molecule has 35 heavy (non-hydrogen) atoms. The maximum absolute atomic E-state index is 12.8. The fraction of sp³-hybridized carbons (Fsp3) is 0.538. The Morgan fingerprint density at radius 2 is 1.63 bits per heavy atom. The summed E-state index contributed by atoms with van der Waals surface area (Å²) in [7, 11) is 3.07. The van der Waals surface area contributed by atoms with Crippen molar-refractivity contribution < 1.29 is 23.8 Å². The molecule has 9 heteroatoms. The molecule has 0 saturated heterocycles. The summed E-state index contributed by atoms with van der Waals surface area (Å²) >= 11 is 0. The number of hydrogen-bond donors (Lipinski definition) is 2. The third-order valence-corrected chi connectivity index (χ3v) is 5.99. The number of nitrogens with zero attached hydrogens (tertiary/aromatic N) is 2. The summed E-state index contributed by atoms with van der Waals surface area (Å²) in [5.41, 5.74) is 1.32. The number of carbonyl (C=O) groups is 2. The molecule has 1 aliphatic rings. The number of amides is 2. The SMILES string of the molecule is COc1ccc(-c2cc(C(=O)NC[C@H]3CC[C@H](CNC(=O)OC(C)(C)C)CC3)ccn2)c(OC)n1. The van der Waals surface area contributed by atoms with E-state index in [-0.39, 0.29) is 12.0 Å². The zero-order chi connectivity index (χ0) is 25.4. The Labute approximate surface area is 207 Å². The van der Waals surface area contributed by atoms with Crippen LogP contribution in [0.25, 0.3) is 11.3 Å². The fourth-order valence-electron chi connectivity index (χ4n) is 4.13. The highest BCUT2D eigenvalue weighted by Gasteiger charge is 2.23. The molecule has 190 valence electrons. The summed E-state index contributed by atoms with van der Waals surface area (Å²) in [6.45, 7) is 6.80. The number of nitrogens with one attached hydrogen (secondary N) is 2. The molecule has 0 atom stereocenters. The highest BCUT2D eigenvalue weighted by molar-refractivity contribution is 5.95. The molecule has 0 radical (unpaired) electrons. The van der Waals surface area contributed by atoms with Gasteiger partial charge in [0.2, 0.25) is 11.8 Å². The Hall–Kier alpha value is -3.36. The molecule has 0 bridgehead atoms. The molecule has 2 aromatic rings. The normalized spacial score (nSPS) is 17.9. The van der Waals surface area contributed by atoms with Gasteiger partial charge in [0.05, 0.1) is 25.5 Å².